The van der Waals surface area contributed by atoms with E-state index in [9.17, 15) is 9.59 Å². The van der Waals surface area contributed by atoms with E-state index < -0.39 is 0 Å². The summed E-state index contributed by atoms with van der Waals surface area (Å²) in [6, 6.07) is 1.84. The van der Waals surface area contributed by atoms with Gasteiger partial charge in [0.05, 0.1) is 11.0 Å². The van der Waals surface area contributed by atoms with Gasteiger partial charge in [0.1, 0.15) is 0 Å². The van der Waals surface area contributed by atoms with Gasteiger partial charge in [0.2, 0.25) is 5.91 Å². The molecule has 1 atom stereocenters. The summed E-state index contributed by atoms with van der Waals surface area (Å²) in [7, 11) is 0. The van der Waals surface area contributed by atoms with Crippen LogP contribution in [0.1, 0.15) is 48.2 Å². The maximum absolute atomic E-state index is 13.0. The first kappa shape index (κ1) is 14.8. The Bertz CT molecular complexity index is 634. The highest BCUT2D eigenvalue weighted by Gasteiger charge is 2.50. The number of hydrogen-bond acceptors (Lipinski definition) is 2. The number of hydrogen-bond donors (Lipinski definition) is 1. The van der Waals surface area contributed by atoms with Crippen LogP contribution in [0, 0.1) is 18.3 Å². The lowest BCUT2D eigenvalue weighted by Crippen LogP contribution is -2.50. The van der Waals surface area contributed by atoms with E-state index in [4.69, 9.17) is 0 Å². The molecule has 2 aliphatic heterocycles. The van der Waals surface area contributed by atoms with E-state index in [1.165, 1.54) is 12.8 Å². The Hall–Kier alpha value is -1.78. The quantitative estimate of drug-likeness (QED) is 0.929. The van der Waals surface area contributed by atoms with E-state index in [2.05, 4.69) is 9.88 Å². The van der Waals surface area contributed by atoms with E-state index in [1.54, 1.807) is 6.20 Å². The first-order chi connectivity index (χ1) is 11.1. The van der Waals surface area contributed by atoms with Crippen LogP contribution in [0.5, 0.6) is 0 Å². The molecule has 0 unspecified atom stereocenters. The summed E-state index contributed by atoms with van der Waals surface area (Å²) >= 11 is 0. The monoisotopic (exact) mass is 315 g/mol. The van der Waals surface area contributed by atoms with Gasteiger partial charge in [0, 0.05) is 38.1 Å². The van der Waals surface area contributed by atoms with E-state index >= 15 is 0 Å². The molecule has 3 fully saturated rings. The summed E-state index contributed by atoms with van der Waals surface area (Å²) in [6.07, 6.45) is 7.18. The smallest absolute Gasteiger partial charge is 0.255 e. The SMILES string of the molecule is Cc1[nH]ccc1C(=O)N1CC[C@]2(CCCN(CC3CC3)C2=O)C1. The minimum atomic E-state index is -0.312. The predicted octanol–water partition coefficient (Wildman–Crippen LogP) is 2.19. The molecule has 1 aromatic rings. The Balaban J connectivity index is 1.48. The molecule has 0 bridgehead atoms. The van der Waals surface area contributed by atoms with Gasteiger partial charge in [-0.3, -0.25) is 9.59 Å². The van der Waals surface area contributed by atoms with Crippen molar-refractivity contribution in [2.75, 3.05) is 26.2 Å². The van der Waals surface area contributed by atoms with Gasteiger partial charge in [-0.15, -0.1) is 0 Å². The van der Waals surface area contributed by atoms with Crippen molar-refractivity contribution in [2.24, 2.45) is 11.3 Å². The van der Waals surface area contributed by atoms with E-state index in [0.29, 0.717) is 19.0 Å². The standard InChI is InChI=1S/C18H25N3O2/c1-13-15(5-8-19-13)16(22)21-10-7-18(12-21)6-2-9-20(17(18)23)11-14-3-4-14/h5,8,14,19H,2-4,6-7,9-12H2,1H3/t18-/m1/s1. The number of nitrogens with zero attached hydrogens (tertiary/aromatic N) is 2. The van der Waals surface area contributed by atoms with Crippen molar-refractivity contribution >= 4 is 11.8 Å². The van der Waals surface area contributed by atoms with Crippen LogP contribution in [-0.2, 0) is 4.79 Å². The highest BCUT2D eigenvalue weighted by Crippen LogP contribution is 2.42. The minimum Gasteiger partial charge on any atom is -0.365 e. The Morgan fingerprint density at radius 1 is 1.35 bits per heavy atom. The van der Waals surface area contributed by atoms with Crippen molar-refractivity contribution in [2.45, 2.75) is 39.0 Å². The largest absolute Gasteiger partial charge is 0.365 e. The molecule has 5 nitrogen and oxygen atoms in total. The van der Waals surface area contributed by atoms with Crippen molar-refractivity contribution < 1.29 is 9.59 Å². The van der Waals surface area contributed by atoms with Gasteiger partial charge in [0.25, 0.3) is 5.91 Å². The van der Waals surface area contributed by atoms with Gasteiger partial charge < -0.3 is 14.8 Å². The number of likely N-dealkylation sites (tertiary alicyclic amines) is 2. The average molecular weight is 315 g/mol. The Morgan fingerprint density at radius 2 is 2.17 bits per heavy atom. The molecule has 2 amide bonds. The van der Waals surface area contributed by atoms with Gasteiger partial charge in [-0.25, -0.2) is 0 Å². The van der Waals surface area contributed by atoms with E-state index in [-0.39, 0.29) is 11.3 Å². The van der Waals surface area contributed by atoms with Gasteiger partial charge in [-0.1, -0.05) is 0 Å². The zero-order valence-electron chi connectivity index (χ0n) is 13.8. The molecule has 1 aromatic heterocycles. The molecule has 4 rings (SSSR count). The Kier molecular flexibility index (Phi) is 3.47. The number of piperidine rings is 1. The van der Waals surface area contributed by atoms with Crippen molar-refractivity contribution in [1.29, 1.82) is 0 Å². The van der Waals surface area contributed by atoms with Crippen LogP contribution in [0.2, 0.25) is 0 Å². The number of carbonyl (C=O) groups is 2. The number of nitrogens with one attached hydrogen (secondary N) is 1. The van der Waals surface area contributed by atoms with Crippen LogP contribution < -0.4 is 0 Å². The fraction of sp³-hybridized carbons (Fsp3) is 0.667. The highest BCUT2D eigenvalue weighted by molar-refractivity contribution is 5.96. The highest BCUT2D eigenvalue weighted by atomic mass is 16.2. The van der Waals surface area contributed by atoms with Crippen LogP contribution >= 0.6 is 0 Å². The molecule has 3 heterocycles. The van der Waals surface area contributed by atoms with Gasteiger partial charge >= 0.3 is 0 Å². The lowest BCUT2D eigenvalue weighted by atomic mass is 9.78. The zero-order chi connectivity index (χ0) is 16.0. The molecule has 1 spiro atoms. The number of rotatable bonds is 3. The summed E-state index contributed by atoms with van der Waals surface area (Å²) in [4.78, 5) is 32.8. The molecular formula is C18H25N3O2. The summed E-state index contributed by atoms with van der Waals surface area (Å²) in [5.74, 6) is 1.10. The molecule has 5 heteroatoms. The summed E-state index contributed by atoms with van der Waals surface area (Å²) in [5, 5.41) is 0. The number of amides is 2. The summed E-state index contributed by atoms with van der Waals surface area (Å²) in [5.41, 5.74) is 1.33. The number of aromatic amines is 1. The summed E-state index contributed by atoms with van der Waals surface area (Å²) < 4.78 is 0. The van der Waals surface area contributed by atoms with Crippen LogP contribution in [0.25, 0.3) is 0 Å². The molecule has 0 aromatic carbocycles. The minimum absolute atomic E-state index is 0.0627. The fourth-order valence-corrected chi connectivity index (χ4v) is 4.22. The first-order valence-electron chi connectivity index (χ1n) is 8.82. The third-order valence-electron chi connectivity index (χ3n) is 5.83. The zero-order valence-corrected chi connectivity index (χ0v) is 13.8. The van der Waals surface area contributed by atoms with Gasteiger partial charge in [-0.05, 0) is 51.0 Å². The third-order valence-corrected chi connectivity index (χ3v) is 5.83. The molecule has 2 saturated heterocycles. The van der Waals surface area contributed by atoms with Crippen LogP contribution in [0.3, 0.4) is 0 Å². The van der Waals surface area contributed by atoms with Crippen LogP contribution in [-0.4, -0.2) is 52.8 Å². The normalized spacial score (nSPS) is 28.0. The fourth-order valence-electron chi connectivity index (χ4n) is 4.22. The van der Waals surface area contributed by atoms with Gasteiger partial charge in [-0.2, -0.15) is 0 Å². The molecule has 1 saturated carbocycles. The Morgan fingerprint density at radius 3 is 2.87 bits per heavy atom. The lowest BCUT2D eigenvalue weighted by Gasteiger charge is -2.39. The summed E-state index contributed by atoms with van der Waals surface area (Å²) in [6.45, 7) is 5.05. The Labute approximate surface area is 137 Å². The number of H-pyrrole nitrogens is 1. The topological polar surface area (TPSA) is 56.4 Å². The van der Waals surface area contributed by atoms with E-state index in [1.807, 2.05) is 17.9 Å². The van der Waals surface area contributed by atoms with Crippen molar-refractivity contribution in [3.63, 3.8) is 0 Å². The number of aromatic nitrogens is 1. The van der Waals surface area contributed by atoms with Gasteiger partial charge in [0.15, 0.2) is 0 Å². The second-order valence-corrected chi connectivity index (χ2v) is 7.57. The molecule has 1 N–H and O–H groups in total. The van der Waals surface area contributed by atoms with Crippen LogP contribution in [0.4, 0.5) is 0 Å². The van der Waals surface area contributed by atoms with Crippen LogP contribution in [0.15, 0.2) is 12.3 Å². The van der Waals surface area contributed by atoms with E-state index in [0.717, 1.165) is 49.5 Å². The molecule has 124 valence electrons. The van der Waals surface area contributed by atoms with Crippen molar-refractivity contribution in [3.8, 4) is 0 Å². The molecule has 0 radical (unpaired) electrons. The first-order valence-corrected chi connectivity index (χ1v) is 8.82. The molecular weight excluding hydrogens is 290 g/mol. The molecule has 3 aliphatic rings. The molecule has 1 aliphatic carbocycles. The average Bonchev–Trinajstić information content (AvgIpc) is 3.08. The molecule has 23 heavy (non-hydrogen) atoms. The maximum atomic E-state index is 13.0. The second-order valence-electron chi connectivity index (χ2n) is 7.57. The van der Waals surface area contributed by atoms with Crippen molar-refractivity contribution in [1.82, 2.24) is 14.8 Å². The van der Waals surface area contributed by atoms with Crippen molar-refractivity contribution in [3.05, 3.63) is 23.5 Å². The number of aryl methyl sites for hydroxylation is 1. The third kappa shape index (κ3) is 2.56. The predicted molar refractivity (Wildman–Crippen MR) is 87.0 cm³/mol. The maximum Gasteiger partial charge on any atom is 0.255 e. The second kappa shape index (κ2) is 5.39. The number of carbonyl (C=O) groups excluding carboxylic acids is 2. The lowest BCUT2D eigenvalue weighted by molar-refractivity contribution is -0.145.